The number of fused-ring (bicyclic) bond motifs is 3. The van der Waals surface area contributed by atoms with Crippen molar-refractivity contribution in [3.8, 4) is 17.2 Å². The minimum atomic E-state index is -0.00375. The van der Waals surface area contributed by atoms with Gasteiger partial charge in [-0.05, 0) is 36.1 Å². The standard InChI is InChI=1S/C21H20Cl3NO3/c1-26-15-7-10(8-16(27-2)21(15)28-3)19-12-6-4-5-11(12)17-18(24)13(22)9-14(23)20(17)25-19/h4-5,7-9,11-12,19,25H,6H2,1-3H3/t11?,12?,19-/m0/s1. The van der Waals surface area contributed by atoms with Gasteiger partial charge < -0.3 is 19.5 Å². The van der Waals surface area contributed by atoms with Crippen LogP contribution in [0.3, 0.4) is 0 Å². The molecule has 148 valence electrons. The molecule has 7 heteroatoms. The highest BCUT2D eigenvalue weighted by Crippen LogP contribution is 2.56. The molecule has 2 unspecified atom stereocenters. The van der Waals surface area contributed by atoms with Gasteiger partial charge in [-0.15, -0.1) is 0 Å². The van der Waals surface area contributed by atoms with Crippen molar-refractivity contribution in [2.45, 2.75) is 18.4 Å². The number of halogens is 3. The van der Waals surface area contributed by atoms with Crippen molar-refractivity contribution in [3.05, 3.63) is 56.5 Å². The number of rotatable bonds is 4. The molecule has 3 atom stereocenters. The van der Waals surface area contributed by atoms with Crippen LogP contribution >= 0.6 is 34.8 Å². The molecule has 0 amide bonds. The summed E-state index contributed by atoms with van der Waals surface area (Å²) in [6.45, 7) is 0. The Hall–Kier alpha value is -1.75. The van der Waals surface area contributed by atoms with Crippen LogP contribution in [0.25, 0.3) is 0 Å². The SMILES string of the molecule is COc1cc([C@@H]2Nc3c(Cl)cc(Cl)c(Cl)c3C3C=CCC32)cc(OC)c1OC. The summed E-state index contributed by atoms with van der Waals surface area (Å²) >= 11 is 19.4. The summed E-state index contributed by atoms with van der Waals surface area (Å²) in [7, 11) is 4.82. The second-order valence-electron chi connectivity index (χ2n) is 6.88. The summed E-state index contributed by atoms with van der Waals surface area (Å²) in [6.07, 6.45) is 5.29. The monoisotopic (exact) mass is 439 g/mol. The summed E-state index contributed by atoms with van der Waals surface area (Å²) in [5.41, 5.74) is 2.81. The van der Waals surface area contributed by atoms with Gasteiger partial charge >= 0.3 is 0 Å². The number of hydrogen-bond donors (Lipinski definition) is 1. The zero-order valence-corrected chi connectivity index (χ0v) is 18.0. The highest BCUT2D eigenvalue weighted by atomic mass is 35.5. The van der Waals surface area contributed by atoms with E-state index < -0.39 is 0 Å². The molecular weight excluding hydrogens is 421 g/mol. The van der Waals surface area contributed by atoms with E-state index in [0.29, 0.717) is 32.3 Å². The average molecular weight is 441 g/mol. The van der Waals surface area contributed by atoms with Gasteiger partial charge in [0.25, 0.3) is 0 Å². The molecule has 1 N–H and O–H groups in total. The lowest BCUT2D eigenvalue weighted by atomic mass is 9.77. The Morgan fingerprint density at radius 1 is 0.929 bits per heavy atom. The van der Waals surface area contributed by atoms with E-state index in [1.165, 1.54) is 0 Å². The van der Waals surface area contributed by atoms with Gasteiger partial charge in [0.1, 0.15) is 0 Å². The van der Waals surface area contributed by atoms with E-state index in [1.54, 1.807) is 27.4 Å². The van der Waals surface area contributed by atoms with Crippen LogP contribution < -0.4 is 19.5 Å². The molecule has 0 spiro atoms. The predicted octanol–water partition coefficient (Wildman–Crippen LogP) is 6.50. The number of methoxy groups -OCH3 is 3. The van der Waals surface area contributed by atoms with Gasteiger partial charge in [-0.2, -0.15) is 0 Å². The lowest BCUT2D eigenvalue weighted by Gasteiger charge is -2.38. The van der Waals surface area contributed by atoms with Crippen molar-refractivity contribution in [1.82, 2.24) is 0 Å². The van der Waals surface area contributed by atoms with E-state index in [-0.39, 0.29) is 17.9 Å². The first kappa shape index (κ1) is 19.6. The van der Waals surface area contributed by atoms with Crippen molar-refractivity contribution in [3.63, 3.8) is 0 Å². The van der Waals surface area contributed by atoms with E-state index in [2.05, 4.69) is 17.5 Å². The number of hydrogen-bond acceptors (Lipinski definition) is 4. The Morgan fingerprint density at radius 3 is 2.21 bits per heavy atom. The molecule has 1 aliphatic heterocycles. The highest BCUT2D eigenvalue weighted by molar-refractivity contribution is 6.44. The summed E-state index contributed by atoms with van der Waals surface area (Å²) in [4.78, 5) is 0. The van der Waals surface area contributed by atoms with Gasteiger partial charge in [0, 0.05) is 11.5 Å². The Morgan fingerprint density at radius 2 is 1.61 bits per heavy atom. The number of benzene rings is 2. The van der Waals surface area contributed by atoms with Crippen LogP contribution in [-0.2, 0) is 0 Å². The second kappa shape index (κ2) is 7.58. The summed E-state index contributed by atoms with van der Waals surface area (Å²) in [5.74, 6) is 2.20. The fraction of sp³-hybridized carbons (Fsp3) is 0.333. The van der Waals surface area contributed by atoms with E-state index in [1.807, 2.05) is 12.1 Å². The van der Waals surface area contributed by atoms with Crippen LogP contribution in [-0.4, -0.2) is 21.3 Å². The Kier molecular flexibility index (Phi) is 5.30. The fourth-order valence-corrected chi connectivity index (χ4v) is 5.08. The Balaban J connectivity index is 1.86. The van der Waals surface area contributed by atoms with Crippen molar-refractivity contribution >= 4 is 40.5 Å². The number of ether oxygens (including phenoxy) is 3. The topological polar surface area (TPSA) is 39.7 Å². The maximum atomic E-state index is 6.56. The smallest absolute Gasteiger partial charge is 0.203 e. The van der Waals surface area contributed by atoms with Crippen LogP contribution in [0.4, 0.5) is 5.69 Å². The molecule has 1 aliphatic carbocycles. The maximum Gasteiger partial charge on any atom is 0.203 e. The minimum Gasteiger partial charge on any atom is -0.493 e. The van der Waals surface area contributed by atoms with Gasteiger partial charge in [0.05, 0.1) is 48.1 Å². The molecule has 0 radical (unpaired) electrons. The second-order valence-corrected chi connectivity index (χ2v) is 8.07. The number of anilines is 1. The van der Waals surface area contributed by atoms with Crippen LogP contribution in [0.15, 0.2) is 30.4 Å². The van der Waals surface area contributed by atoms with Gasteiger partial charge in [0.2, 0.25) is 5.75 Å². The Bertz CT molecular complexity index is 935. The van der Waals surface area contributed by atoms with Crippen LogP contribution in [0.2, 0.25) is 15.1 Å². The molecule has 4 nitrogen and oxygen atoms in total. The Labute approximate surface area is 179 Å². The van der Waals surface area contributed by atoms with E-state index in [0.717, 1.165) is 23.2 Å². The third-order valence-corrected chi connectivity index (χ3v) is 6.63. The molecule has 0 saturated carbocycles. The van der Waals surface area contributed by atoms with Crippen molar-refractivity contribution in [1.29, 1.82) is 0 Å². The molecule has 0 bridgehead atoms. The average Bonchev–Trinajstić information content (AvgIpc) is 3.19. The zero-order chi connectivity index (χ0) is 20.0. The quantitative estimate of drug-likeness (QED) is 0.435. The molecular formula is C21H20Cl3NO3. The molecule has 0 saturated heterocycles. The summed E-state index contributed by atoms with van der Waals surface area (Å²) < 4.78 is 16.5. The van der Waals surface area contributed by atoms with Gasteiger partial charge in [-0.1, -0.05) is 47.0 Å². The summed E-state index contributed by atoms with van der Waals surface area (Å²) in [5, 5.41) is 5.17. The zero-order valence-electron chi connectivity index (χ0n) is 15.7. The van der Waals surface area contributed by atoms with Crippen LogP contribution in [0.1, 0.15) is 29.5 Å². The van der Waals surface area contributed by atoms with E-state index in [9.17, 15) is 0 Å². The third-order valence-electron chi connectivity index (χ3n) is 5.53. The first-order chi connectivity index (χ1) is 13.5. The molecule has 28 heavy (non-hydrogen) atoms. The van der Waals surface area contributed by atoms with Crippen LogP contribution in [0.5, 0.6) is 17.2 Å². The summed E-state index contributed by atoms with van der Waals surface area (Å²) in [6, 6.07) is 5.63. The lowest BCUT2D eigenvalue weighted by Crippen LogP contribution is -2.29. The van der Waals surface area contributed by atoms with Crippen molar-refractivity contribution in [2.24, 2.45) is 5.92 Å². The van der Waals surface area contributed by atoms with Gasteiger partial charge in [-0.25, -0.2) is 0 Å². The fourth-order valence-electron chi connectivity index (χ4n) is 4.27. The first-order valence-electron chi connectivity index (χ1n) is 8.90. The molecule has 1 heterocycles. The van der Waals surface area contributed by atoms with E-state index in [4.69, 9.17) is 49.0 Å². The normalized spacial score (nSPS) is 22.3. The molecule has 2 aromatic carbocycles. The maximum absolute atomic E-state index is 6.56. The highest BCUT2D eigenvalue weighted by Gasteiger charge is 2.41. The first-order valence-corrected chi connectivity index (χ1v) is 10.0. The lowest BCUT2D eigenvalue weighted by molar-refractivity contribution is 0.322. The van der Waals surface area contributed by atoms with Crippen molar-refractivity contribution < 1.29 is 14.2 Å². The minimum absolute atomic E-state index is 0.00375. The third kappa shape index (κ3) is 2.99. The predicted molar refractivity (Wildman–Crippen MR) is 114 cm³/mol. The number of allylic oxidation sites excluding steroid dienone is 2. The van der Waals surface area contributed by atoms with Gasteiger partial charge in [-0.3, -0.25) is 0 Å². The van der Waals surface area contributed by atoms with Crippen LogP contribution in [0, 0.1) is 5.92 Å². The van der Waals surface area contributed by atoms with Crippen molar-refractivity contribution in [2.75, 3.05) is 26.6 Å². The molecule has 0 aromatic heterocycles. The largest absolute Gasteiger partial charge is 0.493 e. The van der Waals surface area contributed by atoms with E-state index >= 15 is 0 Å². The number of nitrogens with one attached hydrogen (secondary N) is 1. The molecule has 2 aromatic rings. The molecule has 2 aliphatic rings. The molecule has 4 rings (SSSR count). The molecule has 0 fully saturated rings. The van der Waals surface area contributed by atoms with Gasteiger partial charge in [0.15, 0.2) is 11.5 Å².